The summed E-state index contributed by atoms with van der Waals surface area (Å²) in [5.74, 6) is -2.19. The van der Waals surface area contributed by atoms with Gasteiger partial charge in [0.1, 0.15) is 21.7 Å². The number of carbonyl (C=O) groups excluding carboxylic acids is 4. The van der Waals surface area contributed by atoms with Crippen LogP contribution in [0.2, 0.25) is 20.1 Å². The van der Waals surface area contributed by atoms with Crippen molar-refractivity contribution in [3.8, 4) is 17.9 Å². The summed E-state index contributed by atoms with van der Waals surface area (Å²) in [6.07, 6.45) is 0.936. The monoisotopic (exact) mass is 1260 g/mol. The number of ether oxygens (including phenoxy) is 5. The largest absolute Gasteiger partial charge is 0.744 e. The van der Waals surface area contributed by atoms with Crippen LogP contribution >= 0.6 is 46.4 Å². The molecule has 0 bridgehead atoms. The Hall–Kier alpha value is -6.89. The molecule has 0 aromatic heterocycles. The zero-order valence-corrected chi connectivity index (χ0v) is 50.7. The van der Waals surface area contributed by atoms with Crippen LogP contribution in [0.5, 0.6) is 5.75 Å². The highest BCUT2D eigenvalue weighted by molar-refractivity contribution is 7.85. The van der Waals surface area contributed by atoms with Crippen molar-refractivity contribution in [1.82, 2.24) is 0 Å². The third-order valence-corrected chi connectivity index (χ3v) is 14.1. The van der Waals surface area contributed by atoms with Gasteiger partial charge in [0.15, 0.2) is 29.8 Å². The van der Waals surface area contributed by atoms with Gasteiger partial charge in [-0.2, -0.15) is 10.5 Å². The molecule has 5 N–H and O–H groups in total. The first-order valence-electron chi connectivity index (χ1n) is 25.3. The van der Waals surface area contributed by atoms with Crippen molar-refractivity contribution in [1.29, 1.82) is 10.5 Å². The first-order chi connectivity index (χ1) is 39.6. The molecule has 0 fully saturated rings. The molecule has 24 heteroatoms. The molecule has 2 amide bonds. The highest BCUT2D eigenvalue weighted by atomic mass is 35.5. The smallest absolute Gasteiger partial charge is 0.311 e. The standard InChI is InChI=1S/C24H25Cl2FN2O4.C17H14Cl2FN3O.C12H16O4.C7H8O3S/c1-24(12-15-4-6-16(14-28)7-5-15,13-18(30)8-9-21(32-2)33-3)23(31)29-17-10-19(25)22(27)20(26)11-17;1-17(22,8-10-2-4-11(9-21)5-3-10)16(24)23-12-6-13(18)15(20)14(19)7-12;1-14-12(15-2)9-8-11(13)16-10-6-4-3-5-7-10;1-6-2-4-7(5-3-6)11(8,9)10/h4-7,10-11,21H,8-9,12-13H2,1-3H3,(H,29,31);2-7H,8,22H2,1H3,(H,23,24);3-7,12H,8-9H2,1-2H3;2-5H,1H3,(H,8,9,10)/t24-;17-;;/m01../s1. The molecular formula is C60H63Cl4F2N5O12S. The van der Waals surface area contributed by atoms with Gasteiger partial charge in [-0.3, -0.25) is 19.2 Å². The quantitative estimate of drug-likeness (QED) is 0.0188. The molecule has 6 aromatic rings. The number of esters is 1. The normalized spacial score (nSPS) is 12.2. The Bertz CT molecular complexity index is 3300. The van der Waals surface area contributed by atoms with Gasteiger partial charge in [-0.1, -0.05) is 107 Å². The van der Waals surface area contributed by atoms with Crippen LogP contribution in [0.15, 0.2) is 132 Å². The van der Waals surface area contributed by atoms with Gasteiger partial charge in [0.2, 0.25) is 5.91 Å². The fourth-order valence-electron chi connectivity index (χ4n) is 7.50. The zero-order valence-electron chi connectivity index (χ0n) is 46.9. The van der Waals surface area contributed by atoms with Gasteiger partial charge in [-0.15, -0.1) is 0 Å². The van der Waals surface area contributed by atoms with Crippen molar-refractivity contribution in [3.05, 3.63) is 187 Å². The first kappa shape index (κ1) is 71.4. The summed E-state index contributed by atoms with van der Waals surface area (Å²) in [5.41, 5.74) is 5.96. The van der Waals surface area contributed by atoms with E-state index in [1.165, 1.54) is 64.8 Å². The second-order valence-corrected chi connectivity index (χ2v) is 22.2. The average Bonchev–Trinajstić information content (AvgIpc) is 2.97. The molecule has 0 saturated heterocycles. The minimum Gasteiger partial charge on any atom is -0.744 e. The first-order valence-corrected chi connectivity index (χ1v) is 28.2. The maximum absolute atomic E-state index is 13.7. The molecule has 0 heterocycles. The molecule has 84 heavy (non-hydrogen) atoms. The Morgan fingerprint density at radius 3 is 1.44 bits per heavy atom. The molecule has 0 aliphatic carbocycles. The molecule has 0 aliphatic heterocycles. The number of anilines is 2. The number of hydrogen-bond acceptors (Lipinski definition) is 14. The molecule has 0 unspecified atom stereocenters. The van der Waals surface area contributed by atoms with Gasteiger partial charge >= 0.3 is 5.97 Å². The van der Waals surface area contributed by atoms with Gasteiger partial charge in [0, 0.05) is 78.8 Å². The lowest BCUT2D eigenvalue weighted by atomic mass is 9.77. The maximum Gasteiger partial charge on any atom is 0.311 e. The van der Waals surface area contributed by atoms with E-state index in [-0.39, 0.29) is 80.3 Å². The summed E-state index contributed by atoms with van der Waals surface area (Å²) in [4.78, 5) is 49.8. The highest BCUT2D eigenvalue weighted by Crippen LogP contribution is 2.33. The molecule has 6 aromatic carbocycles. The van der Waals surface area contributed by atoms with Crippen molar-refractivity contribution < 1.29 is 70.3 Å². The highest BCUT2D eigenvalue weighted by Gasteiger charge is 2.37. The summed E-state index contributed by atoms with van der Waals surface area (Å²) >= 11 is 23.1. The van der Waals surface area contributed by atoms with E-state index in [0.717, 1.165) is 16.7 Å². The number of aryl methyl sites for hydroxylation is 1. The Balaban J connectivity index is 0.000000316. The van der Waals surface area contributed by atoms with E-state index in [0.29, 0.717) is 41.8 Å². The third kappa shape index (κ3) is 24.4. The topological polar surface area (TPSA) is 271 Å². The Morgan fingerprint density at radius 1 is 0.631 bits per heavy atom. The Morgan fingerprint density at radius 2 is 1.04 bits per heavy atom. The molecule has 2 atom stereocenters. The number of nitriles is 2. The molecule has 448 valence electrons. The lowest BCUT2D eigenvalue weighted by Crippen LogP contribution is -2.77. The SMILES string of the molecule is COC(CCC(=O)C[C@](C)(Cc1ccc(C#N)cc1)C(=O)Nc1cc(Cl)c(F)c(Cl)c1)OC.COC(CCC(=O)Oc1ccccc1)OC.C[C@@]([NH3+])(Cc1ccc(C#N)cc1)C(=O)Nc1cc(Cl)c(F)c(Cl)c1.Cc1ccc(S(=O)(=O)[O-])cc1. The van der Waals surface area contributed by atoms with Crippen LogP contribution in [0.4, 0.5) is 20.2 Å². The summed E-state index contributed by atoms with van der Waals surface area (Å²) < 4.78 is 83.6. The number of amides is 2. The summed E-state index contributed by atoms with van der Waals surface area (Å²) in [7, 11) is 1.78. The third-order valence-electron chi connectivity index (χ3n) is 12.1. The van der Waals surface area contributed by atoms with Crippen LogP contribution in [0.25, 0.3) is 0 Å². The van der Waals surface area contributed by atoms with Gasteiger partial charge in [0.05, 0.1) is 60.1 Å². The minimum absolute atomic E-state index is 0.0539. The number of ketones is 1. The van der Waals surface area contributed by atoms with Crippen LogP contribution in [0.1, 0.15) is 73.8 Å². The predicted molar refractivity (Wildman–Crippen MR) is 314 cm³/mol. The molecule has 0 saturated carbocycles. The lowest BCUT2D eigenvalue weighted by Gasteiger charge is -2.28. The van der Waals surface area contributed by atoms with Crippen LogP contribution in [-0.2, 0) is 61.1 Å². The van der Waals surface area contributed by atoms with E-state index in [2.05, 4.69) is 16.4 Å². The number of hydrogen-bond donors (Lipinski definition) is 3. The molecule has 17 nitrogen and oxygen atoms in total. The molecule has 6 rings (SSSR count). The fraction of sp³-hybridized carbons (Fsp3) is 0.300. The fourth-order valence-corrected chi connectivity index (χ4v) is 8.94. The number of nitrogens with zero attached hydrogens (tertiary/aromatic N) is 2. The van der Waals surface area contributed by atoms with Gasteiger partial charge in [-0.25, -0.2) is 17.2 Å². The van der Waals surface area contributed by atoms with Crippen molar-refractivity contribution in [2.75, 3.05) is 39.1 Å². The number of carbonyl (C=O) groups is 4. The second kappa shape index (κ2) is 34.8. The molecule has 0 aliphatic rings. The Kier molecular flexibility index (Phi) is 29.6. The predicted octanol–water partition coefficient (Wildman–Crippen LogP) is 11.6. The van der Waals surface area contributed by atoms with Crippen LogP contribution in [0.3, 0.4) is 0 Å². The number of para-hydroxylation sites is 1. The molecule has 0 radical (unpaired) electrons. The van der Waals surface area contributed by atoms with Crippen molar-refractivity contribution in [2.45, 2.75) is 88.7 Å². The summed E-state index contributed by atoms with van der Waals surface area (Å²) in [5, 5.41) is 22.4. The number of quaternary nitrogens is 1. The summed E-state index contributed by atoms with van der Waals surface area (Å²) in [6.45, 7) is 5.18. The van der Waals surface area contributed by atoms with E-state index < -0.39 is 44.9 Å². The number of Topliss-reactive ketones (excluding diaryl/α,β-unsaturated/α-hetero) is 1. The number of halogens is 6. The van der Waals surface area contributed by atoms with E-state index >= 15 is 0 Å². The number of rotatable bonds is 22. The summed E-state index contributed by atoms with van der Waals surface area (Å²) in [6, 6.07) is 37.6. The number of nitrogens with one attached hydrogen (secondary N) is 2. The van der Waals surface area contributed by atoms with Crippen LogP contribution in [-0.4, -0.2) is 83.1 Å². The van der Waals surface area contributed by atoms with Crippen molar-refractivity contribution >= 4 is 91.5 Å². The molecule has 0 spiro atoms. The Labute approximate surface area is 507 Å². The average molecular weight is 1260 g/mol. The number of methoxy groups -OCH3 is 4. The van der Waals surface area contributed by atoms with Gasteiger partial charge < -0.3 is 44.6 Å². The minimum atomic E-state index is -4.27. The van der Waals surface area contributed by atoms with E-state index in [4.69, 9.17) is 80.6 Å². The van der Waals surface area contributed by atoms with Crippen LogP contribution < -0.4 is 21.1 Å². The van der Waals surface area contributed by atoms with Crippen molar-refractivity contribution in [3.63, 3.8) is 0 Å². The van der Waals surface area contributed by atoms with E-state index in [1.807, 2.05) is 37.3 Å². The van der Waals surface area contributed by atoms with Crippen molar-refractivity contribution in [2.24, 2.45) is 5.41 Å². The van der Waals surface area contributed by atoms with Gasteiger partial charge in [0.25, 0.3) is 5.91 Å². The zero-order chi connectivity index (χ0) is 62.8. The second-order valence-electron chi connectivity index (χ2n) is 19.2. The number of benzene rings is 6. The van der Waals surface area contributed by atoms with Gasteiger partial charge in [-0.05, 0) is 104 Å². The van der Waals surface area contributed by atoms with E-state index in [1.54, 1.807) is 86.6 Å². The maximum atomic E-state index is 13.7. The molecular weight excluding hydrogens is 1190 g/mol. The van der Waals surface area contributed by atoms with Crippen LogP contribution in [0, 0.1) is 46.6 Å². The van der Waals surface area contributed by atoms with E-state index in [9.17, 15) is 40.9 Å². The lowest BCUT2D eigenvalue weighted by molar-refractivity contribution is -0.450.